The summed E-state index contributed by atoms with van der Waals surface area (Å²) in [6.45, 7) is 5.16. The van der Waals surface area contributed by atoms with Crippen molar-refractivity contribution in [2.24, 2.45) is 11.5 Å². The molecule has 7 nitrogen and oxygen atoms in total. The number of primary amides is 1. The number of benzene rings is 1. The van der Waals surface area contributed by atoms with Gasteiger partial charge in [-0.15, -0.1) is 0 Å². The quantitative estimate of drug-likeness (QED) is 0.594. The number of nitrogens with two attached hydrogens (primary N) is 2. The van der Waals surface area contributed by atoms with E-state index in [1.54, 1.807) is 20.8 Å². The molecule has 0 aliphatic carbocycles. The van der Waals surface area contributed by atoms with Crippen molar-refractivity contribution in [3.63, 3.8) is 0 Å². The summed E-state index contributed by atoms with van der Waals surface area (Å²) in [6.07, 6.45) is 0.357. The smallest absolute Gasteiger partial charge is 0.329 e. The zero-order valence-corrected chi connectivity index (χ0v) is 15.0. The third-order valence-corrected chi connectivity index (χ3v) is 3.32. The average molecular weight is 349 g/mol. The van der Waals surface area contributed by atoms with Gasteiger partial charge in [0, 0.05) is 6.42 Å². The van der Waals surface area contributed by atoms with Crippen molar-refractivity contribution >= 4 is 17.8 Å². The lowest BCUT2D eigenvalue weighted by atomic mass is 10.0. The average Bonchev–Trinajstić information content (AvgIpc) is 2.50. The van der Waals surface area contributed by atoms with Gasteiger partial charge in [-0.1, -0.05) is 30.3 Å². The van der Waals surface area contributed by atoms with E-state index in [-0.39, 0.29) is 12.8 Å². The van der Waals surface area contributed by atoms with Gasteiger partial charge in [0.05, 0.1) is 6.04 Å². The lowest BCUT2D eigenvalue weighted by Crippen LogP contribution is -2.50. The first-order chi connectivity index (χ1) is 11.6. The molecule has 0 saturated heterocycles. The number of carbonyl (C=O) groups excluding carboxylic acids is 3. The van der Waals surface area contributed by atoms with Crippen molar-refractivity contribution in [2.45, 2.75) is 57.7 Å². The number of nitrogens with one attached hydrogen (secondary N) is 1. The Morgan fingerprint density at radius 1 is 1.16 bits per heavy atom. The second kappa shape index (κ2) is 9.17. The molecule has 5 N–H and O–H groups in total. The maximum Gasteiger partial charge on any atom is 0.329 e. The molecule has 2 atom stereocenters. The lowest BCUT2D eigenvalue weighted by molar-refractivity contribution is -0.159. The van der Waals surface area contributed by atoms with E-state index in [1.807, 2.05) is 30.3 Å². The zero-order chi connectivity index (χ0) is 19.0. The van der Waals surface area contributed by atoms with Crippen molar-refractivity contribution in [3.8, 4) is 0 Å². The predicted molar refractivity (Wildman–Crippen MR) is 94.3 cm³/mol. The van der Waals surface area contributed by atoms with Gasteiger partial charge < -0.3 is 21.5 Å². The molecule has 7 heteroatoms. The highest BCUT2D eigenvalue weighted by atomic mass is 16.6. The van der Waals surface area contributed by atoms with E-state index >= 15 is 0 Å². The van der Waals surface area contributed by atoms with Crippen molar-refractivity contribution in [1.82, 2.24) is 5.32 Å². The summed E-state index contributed by atoms with van der Waals surface area (Å²) in [5.74, 6) is -1.66. The summed E-state index contributed by atoms with van der Waals surface area (Å²) >= 11 is 0. The Bertz CT molecular complexity index is 596. The number of hydrogen-bond donors (Lipinski definition) is 3. The Labute approximate surface area is 148 Å². The first-order valence-electron chi connectivity index (χ1n) is 8.19. The molecule has 1 rings (SSSR count). The maximum absolute atomic E-state index is 12.3. The standard InChI is InChI=1S/C18H27N3O4/c1-18(2,3)25-17(24)14(9-10-15(20)22)21-16(23)13(19)11-12-7-5-4-6-8-12/h4-8,13-14H,9-11,19H2,1-3H3,(H2,20,22)(H,21,23)/t13-,14-/m0/s1. The Morgan fingerprint density at radius 2 is 1.76 bits per heavy atom. The van der Waals surface area contributed by atoms with Crippen LogP contribution in [0.1, 0.15) is 39.2 Å². The van der Waals surface area contributed by atoms with Crippen molar-refractivity contribution in [2.75, 3.05) is 0 Å². The van der Waals surface area contributed by atoms with Gasteiger partial charge in [0.1, 0.15) is 11.6 Å². The van der Waals surface area contributed by atoms with Crippen LogP contribution >= 0.6 is 0 Å². The number of ether oxygens (including phenoxy) is 1. The van der Waals surface area contributed by atoms with Crippen LogP contribution in [0.2, 0.25) is 0 Å². The summed E-state index contributed by atoms with van der Waals surface area (Å²) in [7, 11) is 0. The van der Waals surface area contributed by atoms with Crippen molar-refractivity contribution < 1.29 is 19.1 Å². The van der Waals surface area contributed by atoms with Crippen molar-refractivity contribution in [3.05, 3.63) is 35.9 Å². The predicted octanol–water partition coefficient (Wildman–Crippen LogP) is 0.648. The monoisotopic (exact) mass is 349 g/mol. The number of esters is 1. The van der Waals surface area contributed by atoms with Crippen molar-refractivity contribution in [1.29, 1.82) is 0 Å². The van der Waals surface area contributed by atoms with Crippen LogP contribution in [-0.2, 0) is 25.5 Å². The van der Waals surface area contributed by atoms with Crippen LogP contribution in [0.15, 0.2) is 30.3 Å². The molecule has 1 aromatic carbocycles. The number of carbonyl (C=O) groups is 3. The summed E-state index contributed by atoms with van der Waals surface area (Å²) < 4.78 is 5.28. The van der Waals surface area contributed by atoms with E-state index in [9.17, 15) is 14.4 Å². The third kappa shape index (κ3) is 8.30. The molecular weight excluding hydrogens is 322 g/mol. The highest BCUT2D eigenvalue weighted by molar-refractivity contribution is 5.88. The minimum absolute atomic E-state index is 0.0435. The normalized spacial score (nSPS) is 13.6. The Balaban J connectivity index is 2.72. The van der Waals surface area contributed by atoms with Crippen LogP contribution < -0.4 is 16.8 Å². The molecule has 0 aromatic heterocycles. The first kappa shape index (κ1) is 20.6. The van der Waals surface area contributed by atoms with Crippen LogP contribution in [-0.4, -0.2) is 35.5 Å². The third-order valence-electron chi connectivity index (χ3n) is 3.32. The van der Waals surface area contributed by atoms with E-state index in [2.05, 4.69) is 5.32 Å². The topological polar surface area (TPSA) is 125 Å². The molecule has 0 radical (unpaired) electrons. The minimum atomic E-state index is -0.971. The molecule has 1 aromatic rings. The molecule has 2 amide bonds. The Morgan fingerprint density at radius 3 is 2.28 bits per heavy atom. The number of hydrogen-bond acceptors (Lipinski definition) is 5. The Hall–Kier alpha value is -2.41. The van der Waals surface area contributed by atoms with Crippen LogP contribution in [0.4, 0.5) is 0 Å². The largest absolute Gasteiger partial charge is 0.458 e. The highest BCUT2D eigenvalue weighted by Crippen LogP contribution is 2.11. The lowest BCUT2D eigenvalue weighted by Gasteiger charge is -2.25. The van der Waals surface area contributed by atoms with Crippen LogP contribution in [0.25, 0.3) is 0 Å². The minimum Gasteiger partial charge on any atom is -0.458 e. The number of rotatable bonds is 8. The van der Waals surface area contributed by atoms with Crippen LogP contribution in [0, 0.1) is 0 Å². The number of amides is 2. The fourth-order valence-electron chi connectivity index (χ4n) is 2.15. The summed E-state index contributed by atoms with van der Waals surface area (Å²) in [5.41, 5.74) is 11.3. The van der Waals surface area contributed by atoms with E-state index in [0.29, 0.717) is 6.42 Å². The Kier molecular flexibility index (Phi) is 7.57. The first-order valence-corrected chi connectivity index (χ1v) is 8.19. The molecule has 0 saturated carbocycles. The highest BCUT2D eigenvalue weighted by Gasteiger charge is 2.28. The summed E-state index contributed by atoms with van der Waals surface area (Å²) in [6, 6.07) is 7.53. The van der Waals surface area contributed by atoms with E-state index in [4.69, 9.17) is 16.2 Å². The van der Waals surface area contributed by atoms with Gasteiger partial charge in [0.2, 0.25) is 11.8 Å². The SMILES string of the molecule is CC(C)(C)OC(=O)[C@H](CCC(N)=O)NC(=O)[C@@H](N)Cc1ccccc1. The second-order valence-electron chi connectivity index (χ2n) is 6.90. The van der Waals surface area contributed by atoms with Crippen LogP contribution in [0.5, 0.6) is 0 Å². The molecule has 25 heavy (non-hydrogen) atoms. The van der Waals surface area contributed by atoms with E-state index < -0.39 is 35.5 Å². The van der Waals surface area contributed by atoms with E-state index in [0.717, 1.165) is 5.56 Å². The molecule has 0 aliphatic heterocycles. The van der Waals surface area contributed by atoms with Gasteiger partial charge in [-0.3, -0.25) is 9.59 Å². The van der Waals surface area contributed by atoms with Gasteiger partial charge in [0.25, 0.3) is 0 Å². The van der Waals surface area contributed by atoms with Gasteiger partial charge in [-0.2, -0.15) is 0 Å². The molecule has 0 unspecified atom stereocenters. The van der Waals surface area contributed by atoms with E-state index in [1.165, 1.54) is 0 Å². The molecule has 0 spiro atoms. The van der Waals surface area contributed by atoms with Gasteiger partial charge in [-0.25, -0.2) is 4.79 Å². The molecule has 0 bridgehead atoms. The van der Waals surface area contributed by atoms with Gasteiger partial charge in [-0.05, 0) is 39.2 Å². The van der Waals surface area contributed by atoms with Gasteiger partial charge >= 0.3 is 5.97 Å². The van der Waals surface area contributed by atoms with Crippen LogP contribution in [0.3, 0.4) is 0 Å². The maximum atomic E-state index is 12.3. The summed E-state index contributed by atoms with van der Waals surface area (Å²) in [4.78, 5) is 35.6. The molecule has 138 valence electrons. The molecule has 0 aliphatic rings. The molecular formula is C18H27N3O4. The second-order valence-corrected chi connectivity index (χ2v) is 6.90. The molecule has 0 heterocycles. The fourth-order valence-corrected chi connectivity index (χ4v) is 2.15. The van der Waals surface area contributed by atoms with Gasteiger partial charge in [0.15, 0.2) is 0 Å². The fraction of sp³-hybridized carbons (Fsp3) is 0.500. The summed E-state index contributed by atoms with van der Waals surface area (Å²) in [5, 5.41) is 2.57. The molecule has 0 fully saturated rings. The zero-order valence-electron chi connectivity index (χ0n) is 15.0.